The summed E-state index contributed by atoms with van der Waals surface area (Å²) in [4.78, 5) is 14.7. The molecule has 6 heteroatoms. The minimum atomic E-state index is 0.137. The molecule has 2 saturated heterocycles. The fraction of sp³-hybridized carbons (Fsp3) is 0.409. The van der Waals surface area contributed by atoms with Gasteiger partial charge in [-0.15, -0.1) is 0 Å². The summed E-state index contributed by atoms with van der Waals surface area (Å²) < 4.78 is 6.34. The van der Waals surface area contributed by atoms with E-state index in [2.05, 4.69) is 38.9 Å². The molecule has 2 aliphatic rings. The maximum atomic E-state index is 12.7. The number of piperidine rings is 1. The van der Waals surface area contributed by atoms with Crippen molar-refractivity contribution in [3.8, 4) is 5.75 Å². The lowest BCUT2D eigenvalue weighted by Gasteiger charge is -2.34. The number of methoxy groups -OCH3 is 1. The minimum Gasteiger partial charge on any atom is -0.497 e. The molecule has 148 valence electrons. The number of likely N-dealkylation sites (tertiary alicyclic amines) is 1. The monoisotopic (exact) mass is 443 g/mol. The first-order chi connectivity index (χ1) is 13.6. The quantitative estimate of drug-likeness (QED) is 0.751. The molecule has 4 rings (SSSR count). The molecule has 2 N–H and O–H groups in total. The average Bonchev–Trinajstić information content (AvgIpc) is 3.24. The first-order valence-corrected chi connectivity index (χ1v) is 10.6. The summed E-state index contributed by atoms with van der Waals surface area (Å²) in [7, 11) is 1.70. The Balaban J connectivity index is 1.32. The first kappa shape index (κ1) is 19.4. The molecular weight excluding hydrogens is 418 g/mol. The van der Waals surface area contributed by atoms with E-state index in [1.165, 1.54) is 5.56 Å². The van der Waals surface area contributed by atoms with Crippen molar-refractivity contribution in [3.05, 3.63) is 64.1 Å². The van der Waals surface area contributed by atoms with Gasteiger partial charge in [-0.1, -0.05) is 28.1 Å². The SMILES string of the molecule is COc1cccc(C2CC(C3CCN(C(=O)c4ccc(Br)cc4)CC3)NN2)c1. The van der Waals surface area contributed by atoms with Gasteiger partial charge >= 0.3 is 0 Å². The second kappa shape index (κ2) is 8.64. The molecule has 2 aromatic carbocycles. The number of halogens is 1. The minimum absolute atomic E-state index is 0.137. The van der Waals surface area contributed by atoms with Gasteiger partial charge in [0, 0.05) is 35.2 Å². The molecule has 2 aliphatic heterocycles. The zero-order valence-electron chi connectivity index (χ0n) is 16.0. The van der Waals surface area contributed by atoms with Gasteiger partial charge < -0.3 is 9.64 Å². The number of benzene rings is 2. The molecule has 2 atom stereocenters. The van der Waals surface area contributed by atoms with Crippen LogP contribution < -0.4 is 15.6 Å². The number of rotatable bonds is 4. The Hall–Kier alpha value is -1.89. The smallest absolute Gasteiger partial charge is 0.253 e. The Morgan fingerprint density at radius 3 is 2.57 bits per heavy atom. The molecule has 2 heterocycles. The Bertz CT molecular complexity index is 819. The van der Waals surface area contributed by atoms with E-state index < -0.39 is 0 Å². The zero-order valence-corrected chi connectivity index (χ0v) is 17.6. The average molecular weight is 444 g/mol. The van der Waals surface area contributed by atoms with Gasteiger partial charge in [0.1, 0.15) is 5.75 Å². The van der Waals surface area contributed by atoms with Crippen LogP contribution in [0.5, 0.6) is 5.75 Å². The number of ether oxygens (including phenoxy) is 1. The van der Waals surface area contributed by atoms with Crippen LogP contribution in [0.15, 0.2) is 53.0 Å². The summed E-state index contributed by atoms with van der Waals surface area (Å²) in [5, 5.41) is 0. The Morgan fingerprint density at radius 1 is 1.11 bits per heavy atom. The van der Waals surface area contributed by atoms with E-state index >= 15 is 0 Å². The van der Waals surface area contributed by atoms with Crippen LogP contribution in [-0.4, -0.2) is 37.0 Å². The fourth-order valence-corrected chi connectivity index (χ4v) is 4.51. The van der Waals surface area contributed by atoms with Gasteiger partial charge in [0.05, 0.1) is 7.11 Å². The topological polar surface area (TPSA) is 53.6 Å². The lowest BCUT2D eigenvalue weighted by Crippen LogP contribution is -2.44. The van der Waals surface area contributed by atoms with Crippen molar-refractivity contribution in [2.45, 2.75) is 31.3 Å². The Morgan fingerprint density at radius 2 is 1.86 bits per heavy atom. The summed E-state index contributed by atoms with van der Waals surface area (Å²) >= 11 is 3.42. The molecule has 28 heavy (non-hydrogen) atoms. The second-order valence-electron chi connectivity index (χ2n) is 7.60. The van der Waals surface area contributed by atoms with E-state index in [-0.39, 0.29) is 5.91 Å². The zero-order chi connectivity index (χ0) is 19.5. The van der Waals surface area contributed by atoms with Crippen LogP contribution in [0.1, 0.15) is 41.2 Å². The van der Waals surface area contributed by atoms with E-state index in [0.717, 1.165) is 48.1 Å². The molecule has 0 saturated carbocycles. The van der Waals surface area contributed by atoms with E-state index in [9.17, 15) is 4.79 Å². The highest BCUT2D eigenvalue weighted by Crippen LogP contribution is 2.32. The van der Waals surface area contributed by atoms with Crippen molar-refractivity contribution in [2.75, 3.05) is 20.2 Å². The summed E-state index contributed by atoms with van der Waals surface area (Å²) in [5.74, 6) is 1.61. The molecular formula is C22H26BrN3O2. The van der Waals surface area contributed by atoms with E-state index in [1.807, 2.05) is 41.3 Å². The number of nitrogens with zero attached hydrogens (tertiary/aromatic N) is 1. The van der Waals surface area contributed by atoms with Crippen molar-refractivity contribution < 1.29 is 9.53 Å². The highest BCUT2D eigenvalue weighted by Gasteiger charge is 2.34. The Labute approximate surface area is 174 Å². The first-order valence-electron chi connectivity index (χ1n) is 9.84. The lowest BCUT2D eigenvalue weighted by molar-refractivity contribution is 0.0673. The number of amides is 1. The maximum absolute atomic E-state index is 12.7. The van der Waals surface area contributed by atoms with Crippen LogP contribution in [0.2, 0.25) is 0 Å². The Kier molecular flexibility index (Phi) is 5.99. The number of nitrogens with one attached hydrogen (secondary N) is 2. The third-order valence-corrected chi connectivity index (χ3v) is 6.44. The fourth-order valence-electron chi connectivity index (χ4n) is 4.25. The number of hydrogen-bond donors (Lipinski definition) is 2. The van der Waals surface area contributed by atoms with Gasteiger partial charge in [0.2, 0.25) is 0 Å². The van der Waals surface area contributed by atoms with Crippen LogP contribution in [0.4, 0.5) is 0 Å². The normalized spacial score (nSPS) is 23.0. The van der Waals surface area contributed by atoms with Crippen molar-refractivity contribution in [1.29, 1.82) is 0 Å². The molecule has 0 radical (unpaired) electrons. The number of hydrazine groups is 1. The van der Waals surface area contributed by atoms with Gasteiger partial charge in [-0.2, -0.15) is 0 Å². The summed E-state index contributed by atoms with van der Waals surface area (Å²) in [5.41, 5.74) is 8.95. The van der Waals surface area contributed by atoms with Crippen molar-refractivity contribution >= 4 is 21.8 Å². The largest absolute Gasteiger partial charge is 0.497 e. The van der Waals surface area contributed by atoms with E-state index in [0.29, 0.717) is 18.0 Å². The van der Waals surface area contributed by atoms with Crippen LogP contribution in [0, 0.1) is 5.92 Å². The number of carbonyl (C=O) groups is 1. The predicted molar refractivity (Wildman–Crippen MR) is 113 cm³/mol. The maximum Gasteiger partial charge on any atom is 0.253 e. The second-order valence-corrected chi connectivity index (χ2v) is 8.51. The van der Waals surface area contributed by atoms with Gasteiger partial charge in [0.25, 0.3) is 5.91 Å². The van der Waals surface area contributed by atoms with E-state index in [1.54, 1.807) is 7.11 Å². The standard InChI is InChI=1S/C22H26BrN3O2/c1-28-19-4-2-3-17(13-19)21-14-20(24-25-21)15-9-11-26(12-10-15)22(27)16-5-7-18(23)8-6-16/h2-8,13,15,20-21,24-25H,9-12,14H2,1H3. The molecule has 0 spiro atoms. The molecule has 2 fully saturated rings. The summed E-state index contributed by atoms with van der Waals surface area (Å²) in [6.45, 7) is 1.64. The lowest BCUT2D eigenvalue weighted by atomic mass is 9.86. The summed E-state index contributed by atoms with van der Waals surface area (Å²) in [6, 6.07) is 16.6. The van der Waals surface area contributed by atoms with Gasteiger partial charge in [-0.05, 0) is 67.1 Å². The number of carbonyl (C=O) groups excluding carboxylic acids is 1. The molecule has 0 aliphatic carbocycles. The summed E-state index contributed by atoms with van der Waals surface area (Å²) in [6.07, 6.45) is 3.12. The molecule has 1 amide bonds. The van der Waals surface area contributed by atoms with Crippen LogP contribution in [-0.2, 0) is 0 Å². The predicted octanol–water partition coefficient (Wildman–Crippen LogP) is 3.92. The van der Waals surface area contributed by atoms with E-state index in [4.69, 9.17) is 4.74 Å². The van der Waals surface area contributed by atoms with Crippen LogP contribution >= 0.6 is 15.9 Å². The molecule has 0 bridgehead atoms. The van der Waals surface area contributed by atoms with Crippen molar-refractivity contribution in [1.82, 2.24) is 15.8 Å². The van der Waals surface area contributed by atoms with Gasteiger partial charge in [0.15, 0.2) is 0 Å². The third kappa shape index (κ3) is 4.24. The van der Waals surface area contributed by atoms with Crippen molar-refractivity contribution in [3.63, 3.8) is 0 Å². The highest BCUT2D eigenvalue weighted by molar-refractivity contribution is 9.10. The molecule has 2 unspecified atom stereocenters. The van der Waals surface area contributed by atoms with Crippen molar-refractivity contribution in [2.24, 2.45) is 5.92 Å². The number of hydrogen-bond acceptors (Lipinski definition) is 4. The third-order valence-electron chi connectivity index (χ3n) is 5.92. The van der Waals surface area contributed by atoms with Gasteiger partial charge in [-0.25, -0.2) is 0 Å². The molecule has 2 aromatic rings. The van der Waals surface area contributed by atoms with Crippen LogP contribution in [0.3, 0.4) is 0 Å². The highest BCUT2D eigenvalue weighted by atomic mass is 79.9. The molecule has 5 nitrogen and oxygen atoms in total. The van der Waals surface area contributed by atoms with Gasteiger partial charge in [-0.3, -0.25) is 15.6 Å². The van der Waals surface area contributed by atoms with Crippen LogP contribution in [0.25, 0.3) is 0 Å². The molecule has 0 aromatic heterocycles.